The highest BCUT2D eigenvalue weighted by Crippen LogP contribution is 2.22. The van der Waals surface area contributed by atoms with Crippen molar-refractivity contribution < 1.29 is 0 Å². The summed E-state index contributed by atoms with van der Waals surface area (Å²) in [5, 5.41) is 5.98. The van der Waals surface area contributed by atoms with Gasteiger partial charge in [-0.25, -0.2) is 0 Å². The van der Waals surface area contributed by atoms with Gasteiger partial charge in [-0.05, 0) is 34.0 Å². The summed E-state index contributed by atoms with van der Waals surface area (Å²) >= 11 is 0. The minimum atomic E-state index is 1.02. The first-order valence-corrected chi connectivity index (χ1v) is 4.22. The number of fused-ring (bicyclic) bond motifs is 2. The molecule has 0 saturated heterocycles. The van der Waals surface area contributed by atoms with Crippen LogP contribution in [0.4, 0.5) is 0 Å². The topological polar surface area (TPSA) is 27.8 Å². The second kappa shape index (κ2) is 2.11. The van der Waals surface area contributed by atoms with E-state index in [4.69, 9.17) is 0 Å². The van der Waals surface area contributed by atoms with E-state index < -0.39 is 0 Å². The van der Waals surface area contributed by atoms with Crippen LogP contribution in [0, 0.1) is 0 Å². The first-order chi connectivity index (χ1) is 5.93. The molecule has 60 valence electrons. The van der Waals surface area contributed by atoms with E-state index in [1.807, 2.05) is 12.4 Å². The Morgan fingerprint density at radius 1 is 0.917 bits per heavy atom. The number of aromatic nitrogens is 1. The highest BCUT2D eigenvalue weighted by Gasteiger charge is 2.10. The van der Waals surface area contributed by atoms with Gasteiger partial charge in [0.05, 0.1) is 0 Å². The molecule has 3 rings (SSSR count). The molecule has 2 nitrogen and oxygen atoms in total. The van der Waals surface area contributed by atoms with Crippen molar-refractivity contribution in [2.45, 2.75) is 13.1 Å². The van der Waals surface area contributed by atoms with Crippen LogP contribution in [0.2, 0.25) is 0 Å². The quantitative estimate of drug-likeness (QED) is 0.601. The van der Waals surface area contributed by atoms with Crippen molar-refractivity contribution >= 4 is 10.8 Å². The van der Waals surface area contributed by atoms with Crippen LogP contribution in [-0.2, 0) is 13.1 Å². The van der Waals surface area contributed by atoms with E-state index >= 15 is 0 Å². The Morgan fingerprint density at radius 2 is 1.50 bits per heavy atom. The highest BCUT2D eigenvalue weighted by molar-refractivity contribution is 5.83. The number of H-pyrrole nitrogens is 1. The summed E-state index contributed by atoms with van der Waals surface area (Å²) in [6.07, 6.45) is 4.10. The van der Waals surface area contributed by atoms with Crippen molar-refractivity contribution in [3.8, 4) is 0 Å². The maximum Gasteiger partial charge on any atom is 0.0212 e. The Bertz CT molecular complexity index is 390. The van der Waals surface area contributed by atoms with Gasteiger partial charge >= 0.3 is 0 Å². The average molecular weight is 158 g/mol. The number of rotatable bonds is 0. The number of hydrogen-bond acceptors (Lipinski definition) is 1. The van der Waals surface area contributed by atoms with E-state index in [0.717, 1.165) is 13.1 Å². The fourth-order valence-corrected chi connectivity index (χ4v) is 1.86. The molecule has 1 aromatic carbocycles. The van der Waals surface area contributed by atoms with E-state index in [1.54, 1.807) is 0 Å². The molecule has 1 aliphatic heterocycles. The first kappa shape index (κ1) is 6.26. The smallest absolute Gasteiger partial charge is 0.0212 e. The van der Waals surface area contributed by atoms with Crippen molar-refractivity contribution in [2.24, 2.45) is 0 Å². The Balaban J connectivity index is 2.38. The summed E-state index contributed by atoms with van der Waals surface area (Å²) in [6, 6.07) is 4.53. The van der Waals surface area contributed by atoms with Gasteiger partial charge in [0.15, 0.2) is 0 Å². The zero-order chi connectivity index (χ0) is 7.97. The first-order valence-electron chi connectivity index (χ1n) is 4.22. The van der Waals surface area contributed by atoms with Crippen molar-refractivity contribution in [2.75, 3.05) is 0 Å². The minimum absolute atomic E-state index is 1.02. The van der Waals surface area contributed by atoms with Crippen LogP contribution in [0.15, 0.2) is 24.5 Å². The Morgan fingerprint density at radius 3 is 2.08 bits per heavy atom. The van der Waals surface area contributed by atoms with Crippen molar-refractivity contribution in [3.63, 3.8) is 0 Å². The predicted molar refractivity (Wildman–Crippen MR) is 48.8 cm³/mol. The molecule has 2 N–H and O–H groups in total. The maximum absolute atomic E-state index is 3.34. The minimum Gasteiger partial charge on any atom is -0.366 e. The molecule has 2 heterocycles. The van der Waals surface area contributed by atoms with Crippen LogP contribution in [0.5, 0.6) is 0 Å². The van der Waals surface area contributed by atoms with Crippen LogP contribution in [-0.4, -0.2) is 4.98 Å². The summed E-state index contributed by atoms with van der Waals surface area (Å²) in [5.74, 6) is 0. The van der Waals surface area contributed by atoms with Gasteiger partial charge in [0, 0.05) is 25.5 Å². The molecule has 0 amide bonds. The highest BCUT2D eigenvalue weighted by atomic mass is 14.9. The van der Waals surface area contributed by atoms with Gasteiger partial charge in [-0.2, -0.15) is 0 Å². The molecular weight excluding hydrogens is 148 g/mol. The molecular formula is C10H10N2. The van der Waals surface area contributed by atoms with Crippen LogP contribution in [0.3, 0.4) is 0 Å². The molecule has 2 heteroatoms. The predicted octanol–water partition coefficient (Wildman–Crippen LogP) is 1.77. The van der Waals surface area contributed by atoms with Gasteiger partial charge in [-0.3, -0.25) is 0 Å². The molecule has 0 unspecified atom stereocenters. The van der Waals surface area contributed by atoms with Crippen LogP contribution < -0.4 is 5.32 Å². The molecule has 0 aliphatic carbocycles. The molecule has 0 bridgehead atoms. The standard InChI is InChI=1S/C10H10N2/c1-7-3-11-5-9(7)2-10-6-12-4-8(1)10/h1-3,5,11-12H,4,6H2. The normalized spacial score (nSPS) is 15.3. The molecule has 0 spiro atoms. The Kier molecular flexibility index (Phi) is 1.10. The third-order valence-electron chi connectivity index (χ3n) is 2.51. The molecule has 0 atom stereocenters. The fourth-order valence-electron chi connectivity index (χ4n) is 1.86. The number of nitrogens with one attached hydrogen (secondary N) is 2. The summed E-state index contributed by atoms with van der Waals surface area (Å²) < 4.78 is 0. The molecule has 0 saturated carbocycles. The number of aromatic amines is 1. The Hall–Kier alpha value is -1.28. The van der Waals surface area contributed by atoms with Gasteiger partial charge in [0.2, 0.25) is 0 Å². The van der Waals surface area contributed by atoms with Crippen LogP contribution in [0.25, 0.3) is 10.8 Å². The maximum atomic E-state index is 3.34. The Labute approximate surface area is 70.6 Å². The molecule has 12 heavy (non-hydrogen) atoms. The van der Waals surface area contributed by atoms with Crippen molar-refractivity contribution in [1.82, 2.24) is 10.3 Å². The van der Waals surface area contributed by atoms with Gasteiger partial charge in [-0.15, -0.1) is 0 Å². The van der Waals surface area contributed by atoms with Gasteiger partial charge in [0.1, 0.15) is 0 Å². The molecule has 2 aromatic rings. The zero-order valence-electron chi connectivity index (χ0n) is 6.72. The summed E-state index contributed by atoms with van der Waals surface area (Å²) in [4.78, 5) is 3.12. The second-order valence-corrected chi connectivity index (χ2v) is 3.31. The second-order valence-electron chi connectivity index (χ2n) is 3.31. The van der Waals surface area contributed by atoms with Crippen LogP contribution in [0.1, 0.15) is 11.1 Å². The zero-order valence-corrected chi connectivity index (χ0v) is 6.72. The third-order valence-corrected chi connectivity index (χ3v) is 2.51. The van der Waals surface area contributed by atoms with E-state index in [0.29, 0.717) is 0 Å². The summed E-state index contributed by atoms with van der Waals surface area (Å²) in [5.41, 5.74) is 2.89. The van der Waals surface area contributed by atoms with Crippen molar-refractivity contribution in [3.05, 3.63) is 35.7 Å². The lowest BCUT2D eigenvalue weighted by atomic mass is 10.1. The molecule has 1 aliphatic rings. The molecule has 1 aromatic heterocycles. The summed E-state index contributed by atoms with van der Waals surface area (Å²) in [6.45, 7) is 2.05. The van der Waals surface area contributed by atoms with E-state index in [-0.39, 0.29) is 0 Å². The SMILES string of the molecule is c1[nH]cc2cc3c(cc12)CNC3. The lowest BCUT2D eigenvalue weighted by molar-refractivity contribution is 0.765. The molecule has 0 radical (unpaired) electrons. The summed E-state index contributed by atoms with van der Waals surface area (Å²) in [7, 11) is 0. The van der Waals surface area contributed by atoms with Gasteiger partial charge < -0.3 is 10.3 Å². The van der Waals surface area contributed by atoms with Gasteiger partial charge in [-0.1, -0.05) is 0 Å². The van der Waals surface area contributed by atoms with Crippen molar-refractivity contribution in [1.29, 1.82) is 0 Å². The van der Waals surface area contributed by atoms with E-state index in [1.165, 1.54) is 21.9 Å². The lowest BCUT2D eigenvalue weighted by Crippen LogP contribution is -1.99. The van der Waals surface area contributed by atoms with Crippen LogP contribution >= 0.6 is 0 Å². The third kappa shape index (κ3) is 0.728. The fraction of sp³-hybridized carbons (Fsp3) is 0.200. The van der Waals surface area contributed by atoms with E-state index in [2.05, 4.69) is 22.4 Å². The molecule has 0 fully saturated rings. The monoisotopic (exact) mass is 158 g/mol. The largest absolute Gasteiger partial charge is 0.366 e. The lowest BCUT2D eigenvalue weighted by Gasteiger charge is -1.96. The average Bonchev–Trinajstić information content (AvgIpc) is 2.64. The van der Waals surface area contributed by atoms with E-state index in [9.17, 15) is 0 Å². The number of benzene rings is 1. The van der Waals surface area contributed by atoms with Gasteiger partial charge in [0.25, 0.3) is 0 Å². The number of hydrogen-bond donors (Lipinski definition) is 2.